The van der Waals surface area contributed by atoms with Gasteiger partial charge in [-0.05, 0) is 120 Å². The maximum atomic E-state index is 6.99. The first-order valence-corrected chi connectivity index (χ1v) is 25.4. The second kappa shape index (κ2) is 15.7. The van der Waals surface area contributed by atoms with Crippen LogP contribution in [-0.4, -0.2) is 20.7 Å². The molecule has 0 saturated heterocycles. The lowest BCUT2D eigenvalue weighted by atomic mass is 9.87. The molecule has 0 bridgehead atoms. The van der Waals surface area contributed by atoms with Crippen LogP contribution < -0.4 is 0 Å². The molecule has 5 nitrogen and oxygen atoms in total. The van der Waals surface area contributed by atoms with Gasteiger partial charge >= 0.3 is 0 Å². The van der Waals surface area contributed by atoms with Crippen LogP contribution in [0.4, 0.5) is 0 Å². The van der Waals surface area contributed by atoms with E-state index in [9.17, 15) is 0 Å². The van der Waals surface area contributed by atoms with Crippen molar-refractivity contribution >= 4 is 119 Å². The molecular formula is C65H44N4OS. The Bertz CT molecular complexity index is 4560. The number of benzene rings is 10. The van der Waals surface area contributed by atoms with Crippen LogP contribution >= 0.6 is 11.3 Å². The average Bonchev–Trinajstić information content (AvgIpc) is 4.17. The van der Waals surface area contributed by atoms with Gasteiger partial charge in [0.05, 0.1) is 33.8 Å². The highest BCUT2D eigenvalue weighted by Crippen LogP contribution is 2.44. The van der Waals surface area contributed by atoms with Crippen LogP contribution in [0, 0.1) is 5.92 Å². The van der Waals surface area contributed by atoms with Gasteiger partial charge in [0.25, 0.3) is 0 Å². The molecule has 0 N–H and O–H groups in total. The van der Waals surface area contributed by atoms with Gasteiger partial charge in [-0.1, -0.05) is 134 Å². The first kappa shape index (κ1) is 40.3. The van der Waals surface area contributed by atoms with Gasteiger partial charge in [-0.3, -0.25) is 4.99 Å². The zero-order chi connectivity index (χ0) is 46.7. The molecular weight excluding hydrogens is 885 g/mol. The van der Waals surface area contributed by atoms with Gasteiger partial charge in [-0.15, -0.1) is 11.3 Å². The summed E-state index contributed by atoms with van der Waals surface area (Å²) in [4.78, 5) is 11.7. The summed E-state index contributed by atoms with van der Waals surface area (Å²) in [6.45, 7) is 2.37. The van der Waals surface area contributed by atoms with Crippen LogP contribution in [-0.2, 0) is 0 Å². The molecule has 71 heavy (non-hydrogen) atoms. The summed E-state index contributed by atoms with van der Waals surface area (Å²) < 4.78 is 14.4. The summed E-state index contributed by atoms with van der Waals surface area (Å²) in [5.74, 6) is 0.852. The minimum atomic E-state index is -0.273. The fourth-order valence-electron chi connectivity index (χ4n) is 11.7. The number of aliphatic imine (C=N–C) groups is 2. The lowest BCUT2D eigenvalue weighted by Gasteiger charge is -2.25. The van der Waals surface area contributed by atoms with E-state index in [1.807, 2.05) is 11.3 Å². The number of hydrogen-bond donors (Lipinski definition) is 0. The Morgan fingerprint density at radius 2 is 1.10 bits per heavy atom. The highest BCUT2D eigenvalue weighted by atomic mass is 32.1. The Morgan fingerprint density at radius 3 is 1.93 bits per heavy atom. The smallest absolute Gasteiger partial charge is 0.155 e. The lowest BCUT2D eigenvalue weighted by Crippen LogP contribution is -2.18. The van der Waals surface area contributed by atoms with Gasteiger partial charge in [0.2, 0.25) is 0 Å². The number of hydrogen-bond acceptors (Lipinski definition) is 4. The minimum Gasteiger partial charge on any atom is -0.456 e. The summed E-state index contributed by atoms with van der Waals surface area (Å²) in [6.07, 6.45) is 1.65. The van der Waals surface area contributed by atoms with E-state index in [4.69, 9.17) is 14.4 Å². The number of fused-ring (bicyclic) bond motifs is 13. The Labute approximate surface area is 412 Å². The summed E-state index contributed by atoms with van der Waals surface area (Å²) in [7, 11) is 0. The number of para-hydroxylation sites is 4. The number of nitrogens with zero attached hydrogens (tertiary/aromatic N) is 4. The molecule has 0 fully saturated rings. The maximum Gasteiger partial charge on any atom is 0.155 e. The molecule has 6 heteroatoms. The van der Waals surface area contributed by atoms with Crippen molar-refractivity contribution in [1.82, 2.24) is 9.13 Å². The second-order valence-corrected chi connectivity index (χ2v) is 20.4. The Kier molecular flexibility index (Phi) is 8.93. The number of thiophene rings is 1. The van der Waals surface area contributed by atoms with E-state index in [2.05, 4.69) is 228 Å². The molecule has 0 amide bonds. The van der Waals surface area contributed by atoms with Crippen LogP contribution in [0.3, 0.4) is 0 Å². The zero-order valence-corrected chi connectivity index (χ0v) is 39.7. The van der Waals surface area contributed by atoms with Crippen molar-refractivity contribution in [1.29, 1.82) is 0 Å². The molecule has 15 rings (SSSR count). The van der Waals surface area contributed by atoms with Crippen molar-refractivity contribution in [3.63, 3.8) is 0 Å². The number of aromatic nitrogens is 2. The van der Waals surface area contributed by atoms with Gasteiger partial charge in [0.15, 0.2) is 5.84 Å². The minimum absolute atomic E-state index is 0.120. The molecule has 0 aliphatic carbocycles. The summed E-state index contributed by atoms with van der Waals surface area (Å²) >= 11 is 1.83. The van der Waals surface area contributed by atoms with Crippen molar-refractivity contribution in [2.45, 2.75) is 25.8 Å². The predicted octanol–water partition coefficient (Wildman–Crippen LogP) is 17.7. The Hall–Kier alpha value is -8.58. The molecule has 0 saturated carbocycles. The summed E-state index contributed by atoms with van der Waals surface area (Å²) in [5.41, 5.74) is 12.9. The summed E-state index contributed by atoms with van der Waals surface area (Å²) in [5, 5.41) is 12.0. The Balaban J connectivity index is 0.982. The molecule has 2 atom stereocenters. The van der Waals surface area contributed by atoms with Gasteiger partial charge in [0.1, 0.15) is 11.2 Å². The number of amidine groups is 1. The average molecular weight is 929 g/mol. The van der Waals surface area contributed by atoms with Gasteiger partial charge in [-0.2, -0.15) is 0 Å². The Morgan fingerprint density at radius 1 is 0.465 bits per heavy atom. The fraction of sp³-hybridized carbons (Fsp3) is 0.0769. The van der Waals surface area contributed by atoms with E-state index in [0.29, 0.717) is 0 Å². The number of rotatable bonds is 5. The molecule has 0 spiro atoms. The molecule has 10 aromatic carbocycles. The quantitative estimate of drug-likeness (QED) is 0.170. The molecule has 1 aliphatic rings. The van der Waals surface area contributed by atoms with Gasteiger partial charge < -0.3 is 13.6 Å². The third-order valence-corrected chi connectivity index (χ3v) is 16.3. The van der Waals surface area contributed by atoms with Crippen molar-refractivity contribution in [3.8, 4) is 11.4 Å². The highest BCUT2D eigenvalue weighted by Gasteiger charge is 2.29. The first-order valence-electron chi connectivity index (χ1n) is 24.6. The summed E-state index contributed by atoms with van der Waals surface area (Å²) in [6, 6.07) is 77.0. The monoisotopic (exact) mass is 928 g/mol. The third kappa shape index (κ3) is 6.31. The van der Waals surface area contributed by atoms with Crippen molar-refractivity contribution < 1.29 is 4.42 Å². The predicted molar refractivity (Wildman–Crippen MR) is 300 cm³/mol. The molecule has 1 aliphatic heterocycles. The molecule has 4 aromatic heterocycles. The normalized spacial score (nSPS) is 17.2. The fourth-order valence-corrected chi connectivity index (χ4v) is 12.8. The first-order chi connectivity index (χ1) is 35.1. The van der Waals surface area contributed by atoms with Crippen molar-refractivity contribution in [2.24, 2.45) is 15.9 Å². The SMILES string of the molecule is CC1CC/C(c2ccc3c4ccccc4n(-c4ccccc4)c3c2)=N\C(c2ccc3sc4ccccc4c3c2)=N/C1c1cc(-n2c3ccccc3c3cc4ccccc4cc32)cc2c1oc1ccccc12. The molecule has 14 aromatic rings. The topological polar surface area (TPSA) is 47.7 Å². The largest absolute Gasteiger partial charge is 0.456 e. The molecule has 5 heterocycles. The molecule has 0 radical (unpaired) electrons. The third-order valence-electron chi connectivity index (χ3n) is 15.1. The number of furan rings is 1. The van der Waals surface area contributed by atoms with Crippen LogP contribution in [0.1, 0.15) is 42.5 Å². The van der Waals surface area contributed by atoms with E-state index >= 15 is 0 Å². The van der Waals surface area contributed by atoms with Crippen LogP contribution in [0.25, 0.3) is 108 Å². The highest BCUT2D eigenvalue weighted by molar-refractivity contribution is 7.25. The van der Waals surface area contributed by atoms with Gasteiger partial charge in [-0.25, -0.2) is 4.99 Å². The van der Waals surface area contributed by atoms with Crippen LogP contribution in [0.5, 0.6) is 0 Å². The van der Waals surface area contributed by atoms with E-state index in [0.717, 1.165) is 79.9 Å². The van der Waals surface area contributed by atoms with Crippen LogP contribution in [0.2, 0.25) is 0 Å². The molecule has 336 valence electrons. The lowest BCUT2D eigenvalue weighted by molar-refractivity contribution is 0.444. The van der Waals surface area contributed by atoms with Gasteiger partial charge in [0, 0.05) is 75.0 Å². The van der Waals surface area contributed by atoms with E-state index in [1.165, 1.54) is 69.0 Å². The molecule has 2 unspecified atom stereocenters. The van der Waals surface area contributed by atoms with E-state index < -0.39 is 0 Å². The van der Waals surface area contributed by atoms with E-state index in [-0.39, 0.29) is 12.0 Å². The van der Waals surface area contributed by atoms with Crippen molar-refractivity contribution in [3.05, 3.63) is 229 Å². The second-order valence-electron chi connectivity index (χ2n) is 19.3. The standard InChI is InChI=1S/C65H44N4OS/c1-39-27-31-55(42-28-30-48-46-19-7-11-23-56(46)68(58(48)36-42)44-17-3-2-4-18-44)66-65(43-29-32-62-52(34-43)50-22-10-14-26-61(50)71-62)67-63(39)54-38-45(37-53-49-21-9-13-25-60(49)70-64(53)54)69-57-24-12-8-20-47(57)51-33-40-15-5-6-16-41(40)35-59(51)69/h2-26,28-30,32-39,63H,27,31H2,1H3/b66-55+,67-65-. The van der Waals surface area contributed by atoms with Crippen LogP contribution in [0.15, 0.2) is 227 Å². The van der Waals surface area contributed by atoms with Crippen molar-refractivity contribution in [2.75, 3.05) is 0 Å². The van der Waals surface area contributed by atoms with E-state index in [1.54, 1.807) is 0 Å². The maximum absolute atomic E-state index is 6.99. The zero-order valence-electron chi connectivity index (χ0n) is 38.9.